The molecule has 0 aromatic carbocycles. The Morgan fingerprint density at radius 3 is 2.38 bits per heavy atom. The van der Waals surface area contributed by atoms with Gasteiger partial charge in [0.1, 0.15) is 6.07 Å². The monoisotopic (exact) mass is 102 g/mol. The number of nitrogens with zero attached hydrogens (tertiary/aromatic N) is 2. The molecule has 2 heteroatoms. The minimum absolute atomic E-state index is 0.585. The second-order valence-corrected chi connectivity index (χ2v) is 1.42. The summed E-state index contributed by atoms with van der Waals surface area (Å²) in [5.41, 5.74) is 0.585. The molecule has 0 bridgehead atoms. The van der Waals surface area contributed by atoms with E-state index in [4.69, 9.17) is 10.5 Å². The first-order chi connectivity index (χ1) is 3.86. The normalized spacial score (nSPS) is 16.5. The molecule has 0 spiro atoms. The van der Waals surface area contributed by atoms with E-state index in [2.05, 4.69) is 0 Å². The standard InChI is InChI=1S/C6H2N2/c7-3-5-1-6(2-5)4-8/h1-2H/q+1. The van der Waals surface area contributed by atoms with Gasteiger partial charge in [0.2, 0.25) is 11.5 Å². The minimum atomic E-state index is 0.585. The first-order valence-corrected chi connectivity index (χ1v) is 2.10. The number of nitriles is 2. The molecule has 1 radical (unpaired) electrons. The molecule has 0 N–H and O–H groups in total. The van der Waals surface area contributed by atoms with E-state index in [1.807, 2.05) is 12.1 Å². The first kappa shape index (κ1) is 4.74. The molecular formula is C6H2N2+. The lowest BCUT2D eigenvalue weighted by molar-refractivity contribution is 1.22. The molecule has 0 atom stereocenters. The van der Waals surface area contributed by atoms with Crippen molar-refractivity contribution in [3.05, 3.63) is 24.0 Å². The third-order valence-corrected chi connectivity index (χ3v) is 0.880. The zero-order valence-electron chi connectivity index (χ0n) is 4.05. The maximum atomic E-state index is 8.13. The summed E-state index contributed by atoms with van der Waals surface area (Å²) >= 11 is 0. The SMILES string of the molecule is N#C[C]1C=C(C#N)[CH+]1. The number of rotatable bonds is 0. The molecule has 0 saturated carbocycles. The third-order valence-electron chi connectivity index (χ3n) is 0.880. The van der Waals surface area contributed by atoms with Crippen LogP contribution in [-0.2, 0) is 0 Å². The number of allylic oxidation sites excluding steroid dienone is 2. The Balaban J connectivity index is 2.57. The van der Waals surface area contributed by atoms with Gasteiger partial charge in [-0.1, -0.05) is 5.26 Å². The van der Waals surface area contributed by atoms with Crippen LogP contribution in [0.5, 0.6) is 0 Å². The van der Waals surface area contributed by atoms with Crippen molar-refractivity contribution in [3.8, 4) is 12.1 Å². The lowest BCUT2D eigenvalue weighted by atomic mass is 9.89. The van der Waals surface area contributed by atoms with E-state index in [0.29, 0.717) is 11.5 Å². The van der Waals surface area contributed by atoms with Crippen molar-refractivity contribution < 1.29 is 0 Å². The minimum Gasteiger partial charge on any atom is -0.194 e. The molecule has 0 heterocycles. The van der Waals surface area contributed by atoms with Crippen molar-refractivity contribution in [2.24, 2.45) is 0 Å². The van der Waals surface area contributed by atoms with Crippen molar-refractivity contribution in [1.29, 1.82) is 10.5 Å². The van der Waals surface area contributed by atoms with E-state index in [-0.39, 0.29) is 0 Å². The quantitative estimate of drug-likeness (QED) is 0.424. The van der Waals surface area contributed by atoms with Gasteiger partial charge >= 0.3 is 0 Å². The van der Waals surface area contributed by atoms with Gasteiger partial charge in [0.15, 0.2) is 0 Å². The Kier molecular flexibility index (Phi) is 0.946. The van der Waals surface area contributed by atoms with Crippen LogP contribution in [-0.4, -0.2) is 0 Å². The van der Waals surface area contributed by atoms with Gasteiger partial charge in [-0.05, 0) is 0 Å². The number of hydrogen-bond donors (Lipinski definition) is 0. The zero-order valence-corrected chi connectivity index (χ0v) is 4.05. The molecular weight excluding hydrogens is 100 g/mol. The van der Waals surface area contributed by atoms with E-state index in [1.165, 1.54) is 0 Å². The van der Waals surface area contributed by atoms with Gasteiger partial charge in [-0.3, -0.25) is 0 Å². The Morgan fingerprint density at radius 1 is 1.38 bits per heavy atom. The average Bonchev–Trinajstić information content (AvgIpc) is 1.65. The second-order valence-electron chi connectivity index (χ2n) is 1.42. The van der Waals surface area contributed by atoms with Gasteiger partial charge in [-0.25, -0.2) is 0 Å². The summed E-state index contributed by atoms with van der Waals surface area (Å²) in [5, 5.41) is 16.3. The van der Waals surface area contributed by atoms with Crippen LogP contribution in [0.15, 0.2) is 11.6 Å². The van der Waals surface area contributed by atoms with Gasteiger partial charge < -0.3 is 0 Å². The zero-order chi connectivity index (χ0) is 5.98. The third kappa shape index (κ3) is 0.527. The first-order valence-electron chi connectivity index (χ1n) is 2.10. The van der Waals surface area contributed by atoms with Gasteiger partial charge in [-0.2, -0.15) is 5.26 Å². The van der Waals surface area contributed by atoms with Crippen molar-refractivity contribution in [1.82, 2.24) is 0 Å². The Bertz CT molecular complexity index is 202. The van der Waals surface area contributed by atoms with E-state index in [0.717, 1.165) is 0 Å². The van der Waals surface area contributed by atoms with E-state index >= 15 is 0 Å². The van der Waals surface area contributed by atoms with Crippen molar-refractivity contribution in [3.63, 3.8) is 0 Å². The van der Waals surface area contributed by atoms with Crippen LogP contribution in [0.1, 0.15) is 0 Å². The predicted molar refractivity (Wildman–Crippen MR) is 26.9 cm³/mol. The summed E-state index contributed by atoms with van der Waals surface area (Å²) in [7, 11) is 0. The van der Waals surface area contributed by atoms with Crippen molar-refractivity contribution in [2.45, 2.75) is 0 Å². The summed E-state index contributed by atoms with van der Waals surface area (Å²) in [4.78, 5) is 0. The maximum Gasteiger partial charge on any atom is 0.267 e. The summed E-state index contributed by atoms with van der Waals surface area (Å²) in [6.45, 7) is 0. The summed E-state index contributed by atoms with van der Waals surface area (Å²) < 4.78 is 0. The summed E-state index contributed by atoms with van der Waals surface area (Å²) in [6.07, 6.45) is 3.11. The predicted octanol–water partition coefficient (Wildman–Crippen LogP) is 0.752. The largest absolute Gasteiger partial charge is 0.267 e. The van der Waals surface area contributed by atoms with Gasteiger partial charge in [0.05, 0.1) is 12.5 Å². The van der Waals surface area contributed by atoms with Crippen LogP contribution < -0.4 is 0 Å². The van der Waals surface area contributed by atoms with Crippen molar-refractivity contribution >= 4 is 0 Å². The van der Waals surface area contributed by atoms with E-state index in [9.17, 15) is 0 Å². The fourth-order valence-corrected chi connectivity index (χ4v) is 0.451. The van der Waals surface area contributed by atoms with Gasteiger partial charge in [0, 0.05) is 0 Å². The van der Waals surface area contributed by atoms with E-state index in [1.54, 1.807) is 12.5 Å². The highest BCUT2D eigenvalue weighted by molar-refractivity contribution is 5.57. The molecule has 35 valence electrons. The smallest absolute Gasteiger partial charge is 0.194 e. The van der Waals surface area contributed by atoms with Crippen LogP contribution >= 0.6 is 0 Å². The molecule has 1 rings (SSSR count). The van der Waals surface area contributed by atoms with Crippen LogP contribution in [0.4, 0.5) is 0 Å². The highest BCUT2D eigenvalue weighted by Gasteiger charge is 2.30. The fourth-order valence-electron chi connectivity index (χ4n) is 0.451. The molecule has 0 amide bonds. The molecule has 2 nitrogen and oxygen atoms in total. The van der Waals surface area contributed by atoms with Crippen LogP contribution in [0, 0.1) is 35.0 Å². The lowest BCUT2D eigenvalue weighted by Gasteiger charge is -1.97. The molecule has 1 aliphatic carbocycles. The Labute approximate surface area is 47.7 Å². The summed E-state index contributed by atoms with van der Waals surface area (Å²) in [5.74, 6) is 0.585. The molecule has 0 saturated heterocycles. The maximum absolute atomic E-state index is 8.13. The lowest BCUT2D eigenvalue weighted by Crippen LogP contribution is -2.04. The Morgan fingerprint density at radius 2 is 2.00 bits per heavy atom. The second kappa shape index (κ2) is 1.60. The summed E-state index contributed by atoms with van der Waals surface area (Å²) in [6, 6.07) is 3.80. The highest BCUT2D eigenvalue weighted by atomic mass is 14.3. The average molecular weight is 102 g/mol. The molecule has 0 fully saturated rings. The van der Waals surface area contributed by atoms with Crippen molar-refractivity contribution in [2.75, 3.05) is 0 Å². The molecule has 0 unspecified atom stereocenters. The van der Waals surface area contributed by atoms with Crippen LogP contribution in [0.25, 0.3) is 0 Å². The van der Waals surface area contributed by atoms with Crippen LogP contribution in [0.3, 0.4) is 0 Å². The topological polar surface area (TPSA) is 47.6 Å². The molecule has 1 aliphatic rings. The van der Waals surface area contributed by atoms with Gasteiger partial charge in [-0.15, -0.1) is 0 Å². The molecule has 0 aliphatic heterocycles. The van der Waals surface area contributed by atoms with Gasteiger partial charge in [0.25, 0.3) is 6.07 Å². The Hall–Kier alpha value is -1.41. The fraction of sp³-hybridized carbons (Fsp3) is 0. The highest BCUT2D eigenvalue weighted by Crippen LogP contribution is 2.24. The van der Waals surface area contributed by atoms with E-state index < -0.39 is 0 Å². The molecule has 8 heavy (non-hydrogen) atoms. The molecule has 0 aromatic rings. The van der Waals surface area contributed by atoms with Crippen LogP contribution in [0.2, 0.25) is 0 Å². The number of hydrogen-bond acceptors (Lipinski definition) is 2. The molecule has 0 aromatic heterocycles.